The highest BCUT2D eigenvalue weighted by atomic mass is 32.2. The maximum absolute atomic E-state index is 11.8. The summed E-state index contributed by atoms with van der Waals surface area (Å²) in [4.78, 5) is 18.7. The number of amides is 1. The van der Waals surface area contributed by atoms with Crippen LogP contribution in [0.25, 0.3) is 22.7 Å². The number of nitriles is 2. The highest BCUT2D eigenvalue weighted by molar-refractivity contribution is 7.99. The minimum absolute atomic E-state index is 0.115. The maximum Gasteiger partial charge on any atom is 0.227 e. The monoisotopic (exact) mass is 539 g/mol. The van der Waals surface area contributed by atoms with E-state index in [9.17, 15) is 10.1 Å². The number of rotatable bonds is 5. The van der Waals surface area contributed by atoms with Crippen molar-refractivity contribution < 1.29 is 9.21 Å². The smallest absolute Gasteiger partial charge is 0.227 e. The number of hydrogen-bond acceptors (Lipinski definition) is 7. The number of nitrogens with one attached hydrogen (secondary N) is 1. The topological polar surface area (TPSA) is 106 Å². The molecule has 0 bridgehead atoms. The van der Waals surface area contributed by atoms with E-state index in [0.29, 0.717) is 11.5 Å². The Hall–Kier alpha value is -3.75. The minimum Gasteiger partial charge on any atom is -0.444 e. The molecule has 2 saturated carbocycles. The largest absolute Gasteiger partial charge is 0.444 e. The fourth-order valence-electron chi connectivity index (χ4n) is 5.05. The van der Waals surface area contributed by atoms with Crippen molar-refractivity contribution in [2.45, 2.75) is 50.5 Å². The molecule has 0 spiro atoms. The highest BCUT2D eigenvalue weighted by Crippen LogP contribution is 2.35. The van der Waals surface area contributed by atoms with E-state index in [1.807, 2.05) is 30.0 Å². The molecule has 3 aliphatic rings. The number of thioether (sulfide) groups is 1. The Bertz CT molecular complexity index is 1350. The molecule has 1 amide bonds. The number of carbonyl (C=O) groups is 1. The van der Waals surface area contributed by atoms with Crippen molar-refractivity contribution in [3.05, 3.63) is 60.4 Å². The quantitative estimate of drug-likeness (QED) is 0.413. The van der Waals surface area contributed by atoms with Crippen molar-refractivity contribution in [2.75, 3.05) is 29.5 Å². The van der Waals surface area contributed by atoms with E-state index in [1.54, 1.807) is 12.3 Å². The van der Waals surface area contributed by atoms with E-state index in [2.05, 4.69) is 51.6 Å². The molecule has 39 heavy (non-hydrogen) atoms. The van der Waals surface area contributed by atoms with E-state index in [-0.39, 0.29) is 11.8 Å². The zero-order chi connectivity index (χ0) is 27.1. The lowest BCUT2D eigenvalue weighted by Crippen LogP contribution is -2.40. The average molecular weight is 540 g/mol. The number of anilines is 1. The third kappa shape index (κ3) is 6.64. The second-order valence-corrected chi connectivity index (χ2v) is 11.6. The number of aromatic nitrogens is 1. The number of oxazole rings is 1. The van der Waals surface area contributed by atoms with Crippen LogP contribution in [-0.4, -0.2) is 41.0 Å². The van der Waals surface area contributed by atoms with Gasteiger partial charge in [0.1, 0.15) is 17.5 Å². The zero-order valence-electron chi connectivity index (χ0n) is 22.1. The first-order valence-electron chi connectivity index (χ1n) is 13.7. The van der Waals surface area contributed by atoms with Crippen LogP contribution in [0.3, 0.4) is 0 Å². The Morgan fingerprint density at radius 2 is 1.74 bits per heavy atom. The molecular formula is C31H33N5O2S. The first-order chi connectivity index (χ1) is 19.1. The summed E-state index contributed by atoms with van der Waals surface area (Å²) in [6, 6.07) is 20.1. The van der Waals surface area contributed by atoms with Gasteiger partial charge in [0, 0.05) is 41.8 Å². The Kier molecular flexibility index (Phi) is 8.54. The van der Waals surface area contributed by atoms with Gasteiger partial charge in [0.2, 0.25) is 11.8 Å². The Balaban J connectivity index is 0.000000186. The molecule has 200 valence electrons. The summed E-state index contributed by atoms with van der Waals surface area (Å²) in [7, 11) is 0. The van der Waals surface area contributed by atoms with Gasteiger partial charge in [0.05, 0.1) is 23.3 Å². The summed E-state index contributed by atoms with van der Waals surface area (Å²) in [6.07, 6.45) is 8.92. The van der Waals surface area contributed by atoms with Crippen LogP contribution in [0.2, 0.25) is 0 Å². The van der Waals surface area contributed by atoms with Gasteiger partial charge in [-0.3, -0.25) is 4.79 Å². The summed E-state index contributed by atoms with van der Waals surface area (Å²) in [5.74, 6) is 3.14. The normalized spacial score (nSPS) is 18.2. The lowest BCUT2D eigenvalue weighted by Gasteiger charge is -2.28. The molecule has 6 rings (SSSR count). The van der Waals surface area contributed by atoms with Gasteiger partial charge >= 0.3 is 0 Å². The van der Waals surface area contributed by atoms with Crippen molar-refractivity contribution in [3.8, 4) is 34.8 Å². The molecule has 1 aromatic heterocycles. The van der Waals surface area contributed by atoms with Gasteiger partial charge in [-0.05, 0) is 49.9 Å². The molecule has 1 N–H and O–H groups in total. The number of benzene rings is 2. The van der Waals surface area contributed by atoms with Crippen molar-refractivity contribution in [1.29, 1.82) is 10.5 Å². The third-order valence-electron chi connectivity index (χ3n) is 7.62. The molecule has 8 heteroatoms. The van der Waals surface area contributed by atoms with E-state index < -0.39 is 5.54 Å². The van der Waals surface area contributed by atoms with E-state index >= 15 is 0 Å². The van der Waals surface area contributed by atoms with Crippen molar-refractivity contribution in [1.82, 2.24) is 10.3 Å². The predicted octanol–water partition coefficient (Wildman–Crippen LogP) is 6.17. The molecule has 7 nitrogen and oxygen atoms in total. The van der Waals surface area contributed by atoms with Crippen LogP contribution >= 0.6 is 11.8 Å². The van der Waals surface area contributed by atoms with Gasteiger partial charge in [-0.1, -0.05) is 43.5 Å². The minimum atomic E-state index is -0.478. The van der Waals surface area contributed by atoms with Crippen molar-refractivity contribution in [2.24, 2.45) is 5.92 Å². The zero-order valence-corrected chi connectivity index (χ0v) is 22.9. The fourth-order valence-corrected chi connectivity index (χ4v) is 5.96. The van der Waals surface area contributed by atoms with Crippen LogP contribution in [0, 0.1) is 28.6 Å². The van der Waals surface area contributed by atoms with Crippen LogP contribution in [0.1, 0.15) is 50.5 Å². The van der Waals surface area contributed by atoms with Crippen LogP contribution in [-0.2, 0) is 4.79 Å². The van der Waals surface area contributed by atoms with Crippen molar-refractivity contribution in [3.63, 3.8) is 0 Å². The van der Waals surface area contributed by atoms with Crippen LogP contribution < -0.4 is 10.2 Å². The van der Waals surface area contributed by atoms with Crippen molar-refractivity contribution >= 4 is 23.4 Å². The Morgan fingerprint density at radius 1 is 1.03 bits per heavy atom. The second-order valence-electron chi connectivity index (χ2n) is 10.4. The van der Waals surface area contributed by atoms with E-state index in [0.717, 1.165) is 68.4 Å². The van der Waals surface area contributed by atoms with Gasteiger partial charge in [0.25, 0.3) is 0 Å². The number of nitrogens with zero attached hydrogens (tertiary/aromatic N) is 4. The predicted molar refractivity (Wildman–Crippen MR) is 154 cm³/mol. The van der Waals surface area contributed by atoms with Crippen LogP contribution in [0.5, 0.6) is 0 Å². The molecule has 2 heterocycles. The molecule has 0 radical (unpaired) electrons. The molecule has 2 aliphatic carbocycles. The highest BCUT2D eigenvalue weighted by Gasteiger charge is 2.45. The summed E-state index contributed by atoms with van der Waals surface area (Å²) >= 11 is 2.01. The Morgan fingerprint density at radius 3 is 2.41 bits per heavy atom. The Labute approximate surface area is 234 Å². The van der Waals surface area contributed by atoms with E-state index in [4.69, 9.17) is 9.68 Å². The summed E-state index contributed by atoms with van der Waals surface area (Å²) in [6.45, 7) is 2.20. The number of hydrogen-bond donors (Lipinski definition) is 1. The number of carbonyl (C=O) groups excluding carboxylic acids is 1. The fraction of sp³-hybridized carbons (Fsp3) is 0.419. The lowest BCUT2D eigenvalue weighted by atomic mass is 9.88. The molecule has 0 unspecified atom stereocenters. The summed E-state index contributed by atoms with van der Waals surface area (Å²) in [5, 5.41) is 21.0. The standard InChI is InChI=1S/C20H17N3OS.C11H16N2O/c21-13-16-3-1-2-4-18(16)20-22-19(14-24-20)15-5-7-17(8-6-15)23-9-11-25-12-10-23;12-8-11(6-7-11)13-10(14)9-4-2-1-3-5-9/h1-8,14H,9-12H2;9H,1-7H2,(H,13,14). The molecule has 3 fully saturated rings. The van der Waals surface area contributed by atoms with Gasteiger partial charge in [-0.15, -0.1) is 0 Å². The molecule has 3 aromatic rings. The molecule has 2 aromatic carbocycles. The molecule has 1 aliphatic heterocycles. The van der Waals surface area contributed by atoms with Gasteiger partial charge in [-0.25, -0.2) is 4.98 Å². The molecule has 0 atom stereocenters. The summed E-state index contributed by atoms with van der Waals surface area (Å²) in [5.41, 5.74) is 3.85. The maximum atomic E-state index is 11.8. The van der Waals surface area contributed by atoms with Gasteiger partial charge < -0.3 is 14.6 Å². The summed E-state index contributed by atoms with van der Waals surface area (Å²) < 4.78 is 5.62. The third-order valence-corrected chi connectivity index (χ3v) is 8.57. The first kappa shape index (κ1) is 26.8. The van der Waals surface area contributed by atoms with Gasteiger partial charge in [-0.2, -0.15) is 22.3 Å². The lowest BCUT2D eigenvalue weighted by molar-refractivity contribution is -0.126. The van der Waals surface area contributed by atoms with E-state index in [1.165, 1.54) is 23.6 Å². The van der Waals surface area contributed by atoms with Crippen LogP contribution in [0.15, 0.2) is 59.2 Å². The van der Waals surface area contributed by atoms with Crippen LogP contribution in [0.4, 0.5) is 5.69 Å². The van der Waals surface area contributed by atoms with Gasteiger partial charge in [0.15, 0.2) is 0 Å². The average Bonchev–Trinajstić information content (AvgIpc) is 3.61. The first-order valence-corrected chi connectivity index (χ1v) is 14.9. The molecular weight excluding hydrogens is 506 g/mol. The SMILES string of the molecule is N#CC1(NC(=O)C2CCCCC2)CC1.N#Cc1ccccc1-c1nc(-c2ccc(N3CCSCC3)cc2)co1. The second kappa shape index (κ2) is 12.4. The molecule has 1 saturated heterocycles.